The molecule has 0 aliphatic heterocycles. The standard InChI is InChI=1S/C30H50N10O15S3/c1-17(23-15-40(38-36-23)8-10-55-58(51,52)53)11-21(26(42)34-24(28(44)45)18(2)16-56-6)32-27(43)22(13-30(3,4)29(46)47)33-25(41)20(31-5)12-19-14-39(37-35-19)7-9-54-57(48,49)50/h14-15,17-18,20-22,24,31H,7-13,16H2,1-6H3,(H,32,43)(H,33,41)(H,34,42)(H,44,45)(H,46,47)(H,48,49,50)(H,51,52,53)/t17?,18?,20-,21-,22-,24-/m0/s1. The van der Waals surface area contributed by atoms with Crippen LogP contribution in [0.1, 0.15) is 57.8 Å². The minimum Gasteiger partial charge on any atom is -0.481 e. The molecule has 0 aliphatic carbocycles. The summed E-state index contributed by atoms with van der Waals surface area (Å²) in [7, 11) is -7.96. The van der Waals surface area contributed by atoms with Gasteiger partial charge in [-0.1, -0.05) is 24.3 Å². The molecule has 2 aromatic heterocycles. The van der Waals surface area contributed by atoms with Crippen molar-refractivity contribution in [1.29, 1.82) is 0 Å². The Balaban J connectivity index is 2.39. The molecule has 0 aromatic carbocycles. The predicted octanol–water partition coefficient (Wildman–Crippen LogP) is -2.13. The molecule has 0 aliphatic rings. The van der Waals surface area contributed by atoms with E-state index in [1.807, 2.05) is 0 Å². The second-order valence-electron chi connectivity index (χ2n) is 13.8. The Morgan fingerprint density at radius 1 is 0.828 bits per heavy atom. The summed E-state index contributed by atoms with van der Waals surface area (Å²) in [5.74, 6) is -6.18. The Labute approximate surface area is 338 Å². The lowest BCUT2D eigenvalue weighted by molar-refractivity contribution is -0.148. The first kappa shape index (κ1) is 49.8. The first-order valence-electron chi connectivity index (χ1n) is 17.4. The second kappa shape index (κ2) is 22.2. The Hall–Kier alpha value is -4.32. The molecule has 25 nitrogen and oxygen atoms in total. The lowest BCUT2D eigenvalue weighted by Crippen LogP contribution is -2.59. The van der Waals surface area contributed by atoms with Crippen LogP contribution in [-0.4, -0.2) is 152 Å². The first-order valence-corrected chi connectivity index (χ1v) is 21.5. The lowest BCUT2D eigenvalue weighted by atomic mass is 9.85. The minimum absolute atomic E-state index is 0.117. The summed E-state index contributed by atoms with van der Waals surface area (Å²) < 4.78 is 71.9. The molecule has 2 rings (SSSR count). The molecular formula is C30H50N10O15S3. The highest BCUT2D eigenvalue weighted by molar-refractivity contribution is 7.98. The smallest absolute Gasteiger partial charge is 0.397 e. The van der Waals surface area contributed by atoms with Gasteiger partial charge in [0.15, 0.2) is 0 Å². The van der Waals surface area contributed by atoms with Crippen molar-refractivity contribution in [3.8, 4) is 0 Å². The number of carboxylic acids is 2. The fourth-order valence-electron chi connectivity index (χ4n) is 5.31. The van der Waals surface area contributed by atoms with E-state index in [0.717, 1.165) is 0 Å². The van der Waals surface area contributed by atoms with Gasteiger partial charge in [-0.2, -0.15) is 28.6 Å². The van der Waals surface area contributed by atoms with Crippen LogP contribution in [-0.2, 0) is 72.6 Å². The number of hydrogen-bond acceptors (Lipinski definition) is 17. The van der Waals surface area contributed by atoms with E-state index in [1.165, 1.54) is 54.4 Å². The number of nitrogens with zero attached hydrogens (tertiary/aromatic N) is 6. The van der Waals surface area contributed by atoms with Crippen LogP contribution in [0, 0.1) is 11.3 Å². The number of thioether (sulfide) groups is 1. The third-order valence-electron chi connectivity index (χ3n) is 8.54. The molecule has 2 unspecified atom stereocenters. The molecule has 2 aromatic rings. The summed E-state index contributed by atoms with van der Waals surface area (Å²) in [4.78, 5) is 65.9. The number of hydrogen-bond donors (Lipinski definition) is 8. The Morgan fingerprint density at radius 3 is 1.86 bits per heavy atom. The molecule has 328 valence electrons. The molecule has 6 atom stereocenters. The molecule has 2 heterocycles. The van der Waals surface area contributed by atoms with Gasteiger partial charge in [-0.3, -0.25) is 28.3 Å². The highest BCUT2D eigenvalue weighted by Gasteiger charge is 2.38. The van der Waals surface area contributed by atoms with E-state index >= 15 is 0 Å². The molecule has 0 bridgehead atoms. The zero-order chi connectivity index (χ0) is 44.0. The highest BCUT2D eigenvalue weighted by Crippen LogP contribution is 2.24. The SMILES string of the molecule is CN[C@@H](Cc1cn(CCOS(=O)(=O)O)nn1)C(=O)N[C@@H](CC(C)(C)C(=O)O)C(=O)N[C@@H](CC(C)c1cn(CCOS(=O)(=O)O)nn1)C(=O)N[C@H](C(=O)O)C(C)CSC. The number of aliphatic carboxylic acids is 2. The van der Waals surface area contributed by atoms with Gasteiger partial charge in [0.05, 0.1) is 49.1 Å². The van der Waals surface area contributed by atoms with Crippen LogP contribution < -0.4 is 21.3 Å². The number of carboxylic acid groups (broad SMARTS) is 2. The van der Waals surface area contributed by atoms with Gasteiger partial charge < -0.3 is 31.5 Å². The molecule has 0 radical (unpaired) electrons. The van der Waals surface area contributed by atoms with Crippen molar-refractivity contribution in [1.82, 2.24) is 51.3 Å². The van der Waals surface area contributed by atoms with E-state index < -0.39 is 112 Å². The number of likely N-dealkylation sites (N-methyl/N-ethyl adjacent to an activating group) is 1. The van der Waals surface area contributed by atoms with Crippen molar-refractivity contribution in [2.45, 2.75) is 90.1 Å². The van der Waals surface area contributed by atoms with Crippen LogP contribution in [0.5, 0.6) is 0 Å². The predicted molar refractivity (Wildman–Crippen MR) is 202 cm³/mol. The van der Waals surface area contributed by atoms with E-state index in [1.54, 1.807) is 20.1 Å². The molecule has 8 N–H and O–H groups in total. The molecule has 0 spiro atoms. The van der Waals surface area contributed by atoms with Gasteiger partial charge in [0.25, 0.3) is 0 Å². The lowest BCUT2D eigenvalue weighted by Gasteiger charge is -2.30. The maximum absolute atomic E-state index is 14.1. The summed E-state index contributed by atoms with van der Waals surface area (Å²) >= 11 is 1.35. The van der Waals surface area contributed by atoms with Crippen molar-refractivity contribution in [2.24, 2.45) is 11.3 Å². The highest BCUT2D eigenvalue weighted by atomic mass is 32.3. The van der Waals surface area contributed by atoms with Gasteiger partial charge in [0.1, 0.15) is 18.1 Å². The Bertz CT molecular complexity index is 1940. The second-order valence-corrected chi connectivity index (χ2v) is 16.9. The number of aromatic nitrogens is 6. The Morgan fingerprint density at radius 2 is 1.34 bits per heavy atom. The van der Waals surface area contributed by atoms with E-state index in [0.29, 0.717) is 5.75 Å². The molecule has 58 heavy (non-hydrogen) atoms. The largest absolute Gasteiger partial charge is 0.481 e. The van der Waals surface area contributed by atoms with Crippen LogP contribution in [0.25, 0.3) is 0 Å². The number of carbonyl (C=O) groups excluding carboxylic acids is 3. The fourth-order valence-corrected chi connectivity index (χ4v) is 6.60. The van der Waals surface area contributed by atoms with Crippen molar-refractivity contribution < 1.29 is 68.5 Å². The monoisotopic (exact) mass is 886 g/mol. The van der Waals surface area contributed by atoms with E-state index in [9.17, 15) is 51.0 Å². The van der Waals surface area contributed by atoms with Gasteiger partial charge >= 0.3 is 32.7 Å². The average molecular weight is 887 g/mol. The van der Waals surface area contributed by atoms with Crippen LogP contribution in [0.15, 0.2) is 12.4 Å². The van der Waals surface area contributed by atoms with E-state index in [-0.39, 0.29) is 37.3 Å². The maximum Gasteiger partial charge on any atom is 0.397 e. The van der Waals surface area contributed by atoms with Gasteiger partial charge in [-0.05, 0) is 51.7 Å². The number of nitrogens with one attached hydrogen (secondary N) is 4. The molecule has 3 amide bonds. The van der Waals surface area contributed by atoms with Gasteiger partial charge in [-0.15, -0.1) is 10.2 Å². The summed E-state index contributed by atoms with van der Waals surface area (Å²) in [5.41, 5.74) is -1.09. The minimum atomic E-state index is -4.71. The van der Waals surface area contributed by atoms with Crippen molar-refractivity contribution in [3.63, 3.8) is 0 Å². The number of carbonyl (C=O) groups is 5. The summed E-state index contributed by atoms with van der Waals surface area (Å²) in [6, 6.07) is -5.50. The van der Waals surface area contributed by atoms with E-state index in [2.05, 4.69) is 50.3 Å². The first-order chi connectivity index (χ1) is 26.8. The third-order valence-corrected chi connectivity index (χ3v) is 10.3. The van der Waals surface area contributed by atoms with Crippen molar-refractivity contribution in [2.75, 3.05) is 32.3 Å². The molecule has 28 heteroatoms. The van der Waals surface area contributed by atoms with Gasteiger partial charge in [-0.25, -0.2) is 22.5 Å². The topological polar surface area (TPSA) is 363 Å². The fraction of sp³-hybridized carbons (Fsp3) is 0.700. The molecule has 0 saturated heterocycles. The zero-order valence-corrected chi connectivity index (χ0v) is 34.9. The Kier molecular flexibility index (Phi) is 19.0. The van der Waals surface area contributed by atoms with Gasteiger partial charge in [0, 0.05) is 24.7 Å². The third kappa shape index (κ3) is 17.3. The van der Waals surface area contributed by atoms with Crippen LogP contribution in [0.4, 0.5) is 0 Å². The maximum atomic E-state index is 14.1. The van der Waals surface area contributed by atoms with Crippen LogP contribution in [0.2, 0.25) is 0 Å². The van der Waals surface area contributed by atoms with E-state index in [4.69, 9.17) is 9.11 Å². The summed E-state index contributed by atoms with van der Waals surface area (Å²) in [6.45, 7) is 4.66. The van der Waals surface area contributed by atoms with Crippen LogP contribution in [0.3, 0.4) is 0 Å². The number of rotatable bonds is 27. The zero-order valence-electron chi connectivity index (χ0n) is 32.5. The van der Waals surface area contributed by atoms with Crippen molar-refractivity contribution >= 4 is 62.2 Å². The summed E-state index contributed by atoms with van der Waals surface area (Å²) in [6.07, 6.45) is 3.74. The van der Waals surface area contributed by atoms with Crippen molar-refractivity contribution in [3.05, 3.63) is 23.8 Å². The van der Waals surface area contributed by atoms with Gasteiger partial charge in [0.2, 0.25) is 17.7 Å². The molecule has 0 saturated carbocycles. The summed E-state index contributed by atoms with van der Waals surface area (Å²) in [5, 5.41) is 45.8. The van der Waals surface area contributed by atoms with Crippen LogP contribution >= 0.6 is 11.8 Å². The quantitative estimate of drug-likeness (QED) is 0.0444. The average Bonchev–Trinajstić information content (AvgIpc) is 3.77. The molecular weight excluding hydrogens is 837 g/mol. The normalized spacial score (nSPS) is 15.4. The molecule has 0 fully saturated rings. The number of amides is 3.